The maximum Gasteiger partial charge on any atom is 0.0110 e. The van der Waals surface area contributed by atoms with Crippen LogP contribution >= 0.6 is 23.5 Å². The molecule has 2 fully saturated rings. The van der Waals surface area contributed by atoms with E-state index in [4.69, 9.17) is 0 Å². The van der Waals surface area contributed by atoms with Crippen LogP contribution in [0.5, 0.6) is 0 Å². The molecule has 4 heteroatoms. The third kappa shape index (κ3) is 12.4. The van der Waals surface area contributed by atoms with Crippen molar-refractivity contribution in [2.45, 2.75) is 126 Å². The molecular weight excluding hydrogens is 669 g/mol. The first-order valence-electron chi connectivity index (χ1n) is 20.6. The quantitative estimate of drug-likeness (QED) is 0.213. The van der Waals surface area contributed by atoms with Crippen LogP contribution < -0.4 is 0 Å². The Morgan fingerprint density at radius 1 is 0.615 bits per heavy atom. The van der Waals surface area contributed by atoms with Crippen LogP contribution in [0.3, 0.4) is 0 Å². The van der Waals surface area contributed by atoms with Gasteiger partial charge in [-0.2, -0.15) is 0 Å². The van der Waals surface area contributed by atoms with E-state index >= 15 is 0 Å². The number of piperidine rings is 2. The average molecular weight is 735 g/mol. The van der Waals surface area contributed by atoms with Gasteiger partial charge in [0, 0.05) is 33.4 Å². The molecule has 2 saturated heterocycles. The molecule has 2 atom stereocenters. The van der Waals surface area contributed by atoms with Gasteiger partial charge in [0.2, 0.25) is 0 Å². The molecule has 0 unspecified atom stereocenters. The summed E-state index contributed by atoms with van der Waals surface area (Å²) in [6.45, 7) is 19.2. The molecule has 7 rings (SSSR count). The van der Waals surface area contributed by atoms with Crippen molar-refractivity contribution < 1.29 is 0 Å². The second-order valence-electron chi connectivity index (χ2n) is 16.6. The lowest BCUT2D eigenvalue weighted by molar-refractivity contribution is 0.187. The van der Waals surface area contributed by atoms with Crippen molar-refractivity contribution in [3.63, 3.8) is 0 Å². The lowest BCUT2D eigenvalue weighted by Crippen LogP contribution is -2.34. The van der Waals surface area contributed by atoms with E-state index in [-0.39, 0.29) is 0 Å². The molecule has 0 aliphatic carbocycles. The van der Waals surface area contributed by atoms with Crippen molar-refractivity contribution >= 4 is 23.5 Å². The zero-order valence-corrected chi connectivity index (χ0v) is 34.7. The molecular formula is C48H66N2S2. The van der Waals surface area contributed by atoms with E-state index in [0.717, 1.165) is 24.7 Å². The molecule has 4 heterocycles. The van der Waals surface area contributed by atoms with Gasteiger partial charge in [-0.1, -0.05) is 110 Å². The van der Waals surface area contributed by atoms with Gasteiger partial charge in [-0.25, -0.2) is 0 Å². The molecule has 280 valence electrons. The molecule has 52 heavy (non-hydrogen) atoms. The van der Waals surface area contributed by atoms with Crippen molar-refractivity contribution in [3.8, 4) is 0 Å². The Hall–Kier alpha value is -2.24. The highest BCUT2D eigenvalue weighted by atomic mass is 32.2. The Bertz CT molecular complexity index is 1610. The summed E-state index contributed by atoms with van der Waals surface area (Å²) in [4.78, 5) is 8.33. The van der Waals surface area contributed by atoms with E-state index in [1.165, 1.54) is 135 Å². The lowest BCUT2D eigenvalue weighted by Gasteiger charge is -2.31. The topological polar surface area (TPSA) is 6.48 Å². The fourth-order valence-corrected chi connectivity index (χ4v) is 11.0. The highest BCUT2D eigenvalue weighted by molar-refractivity contribution is 8.00. The fourth-order valence-electron chi connectivity index (χ4n) is 8.67. The summed E-state index contributed by atoms with van der Waals surface area (Å²) in [7, 11) is 0. The monoisotopic (exact) mass is 734 g/mol. The molecule has 3 aromatic carbocycles. The molecule has 0 aromatic heterocycles. The number of aryl methyl sites for hydroxylation is 2. The third-order valence-electron chi connectivity index (χ3n) is 11.7. The fraction of sp³-hybridized carbons (Fsp3) is 0.542. The van der Waals surface area contributed by atoms with Crippen LogP contribution in [0.25, 0.3) is 0 Å². The second-order valence-corrected chi connectivity index (χ2v) is 19.6. The first-order valence-corrected chi connectivity index (χ1v) is 22.4. The minimum absolute atomic E-state index is 0.680. The number of benzene rings is 3. The number of fused-ring (bicyclic) bond motifs is 2. The molecule has 3 aromatic rings. The van der Waals surface area contributed by atoms with Gasteiger partial charge in [0.05, 0.1) is 0 Å². The lowest BCUT2D eigenvalue weighted by atomic mass is 9.90. The van der Waals surface area contributed by atoms with Crippen LogP contribution in [0.1, 0.15) is 100.0 Å². The average Bonchev–Trinajstić information content (AvgIpc) is 3.39. The molecule has 0 bridgehead atoms. The van der Waals surface area contributed by atoms with Crippen LogP contribution in [0.2, 0.25) is 0 Å². The van der Waals surface area contributed by atoms with Gasteiger partial charge in [-0.3, -0.25) is 0 Å². The smallest absolute Gasteiger partial charge is 0.0110 e. The van der Waals surface area contributed by atoms with Crippen molar-refractivity contribution in [2.24, 2.45) is 11.8 Å². The third-order valence-corrected chi connectivity index (χ3v) is 14.2. The first-order chi connectivity index (χ1) is 25.3. The molecule has 4 aliphatic heterocycles. The largest absolute Gasteiger partial charge is 0.303 e. The Morgan fingerprint density at radius 3 is 1.60 bits per heavy atom. The van der Waals surface area contributed by atoms with Gasteiger partial charge in [0.25, 0.3) is 0 Å². The summed E-state index contributed by atoms with van der Waals surface area (Å²) in [5.41, 5.74) is 10.7. The van der Waals surface area contributed by atoms with E-state index in [1.807, 2.05) is 0 Å². The van der Waals surface area contributed by atoms with Crippen LogP contribution in [-0.4, -0.2) is 59.6 Å². The number of allylic oxidation sites excluding steroid dienone is 2. The Labute approximate surface area is 326 Å². The van der Waals surface area contributed by atoms with Gasteiger partial charge in [0.15, 0.2) is 0 Å². The summed E-state index contributed by atoms with van der Waals surface area (Å²) in [6.07, 6.45) is 19.1. The Kier molecular flexibility index (Phi) is 15.1. The molecule has 4 aliphatic rings. The van der Waals surface area contributed by atoms with Crippen molar-refractivity contribution in [1.29, 1.82) is 0 Å². The van der Waals surface area contributed by atoms with Gasteiger partial charge in [0.1, 0.15) is 0 Å². The standard InChI is InChI=1S/C27H35NS.C21H31NS/c1-21-10-11-27-26(17-21)20-25(18-22(2)29-27)9-6-14-28-15-12-24(13-16-28)19-23-7-4-3-5-8-23;1-16-8-11-22(12-9-16)10-4-5-19-14-18(3)23-21-7-6-17(2)13-20(21)15-19/h3-5,7-11,17,22,24H,6,12-16,18-20H2,1-2H3;5-7,13,16,18H,4,8-12,14-15H2,1-3H3/b25-9-;19-5+/t22-;18-/m00/s1. The molecule has 0 radical (unpaired) electrons. The molecule has 2 nitrogen and oxygen atoms in total. The minimum atomic E-state index is 0.680. The maximum atomic E-state index is 2.69. The summed E-state index contributed by atoms with van der Waals surface area (Å²) in [5.74, 6) is 1.80. The number of hydrogen-bond acceptors (Lipinski definition) is 4. The Morgan fingerprint density at radius 2 is 1.10 bits per heavy atom. The van der Waals surface area contributed by atoms with Crippen molar-refractivity contribution in [1.82, 2.24) is 9.80 Å². The summed E-state index contributed by atoms with van der Waals surface area (Å²) in [6, 6.07) is 25.0. The van der Waals surface area contributed by atoms with Gasteiger partial charge in [-0.15, -0.1) is 23.5 Å². The van der Waals surface area contributed by atoms with Crippen LogP contribution in [0.4, 0.5) is 0 Å². The van der Waals surface area contributed by atoms with Gasteiger partial charge >= 0.3 is 0 Å². The molecule has 0 saturated carbocycles. The second kappa shape index (κ2) is 19.9. The van der Waals surface area contributed by atoms with Crippen molar-refractivity contribution in [3.05, 3.63) is 118 Å². The molecule has 0 amide bonds. The first kappa shape index (κ1) is 39.5. The predicted octanol–water partition coefficient (Wildman–Crippen LogP) is 12.2. The van der Waals surface area contributed by atoms with E-state index in [1.54, 1.807) is 11.1 Å². The summed E-state index contributed by atoms with van der Waals surface area (Å²) >= 11 is 4.11. The zero-order valence-electron chi connectivity index (χ0n) is 33.0. The Balaban J connectivity index is 0.000000183. The highest BCUT2D eigenvalue weighted by Crippen LogP contribution is 2.38. The van der Waals surface area contributed by atoms with E-state index in [0.29, 0.717) is 10.5 Å². The van der Waals surface area contributed by atoms with Crippen molar-refractivity contribution in [2.75, 3.05) is 39.3 Å². The molecule has 0 spiro atoms. The number of rotatable bonds is 8. The highest BCUT2D eigenvalue weighted by Gasteiger charge is 2.21. The maximum absolute atomic E-state index is 2.69. The normalized spacial score (nSPS) is 23.7. The van der Waals surface area contributed by atoms with E-state index < -0.39 is 0 Å². The number of hydrogen-bond donors (Lipinski definition) is 0. The van der Waals surface area contributed by atoms with Crippen LogP contribution in [-0.2, 0) is 19.3 Å². The van der Waals surface area contributed by atoms with E-state index in [9.17, 15) is 0 Å². The van der Waals surface area contributed by atoms with Gasteiger partial charge < -0.3 is 9.80 Å². The minimum Gasteiger partial charge on any atom is -0.303 e. The van der Waals surface area contributed by atoms with E-state index in [2.05, 4.69) is 147 Å². The van der Waals surface area contributed by atoms with Crippen LogP contribution in [0, 0.1) is 25.7 Å². The predicted molar refractivity (Wildman–Crippen MR) is 229 cm³/mol. The SMILES string of the molecule is Cc1ccc2c(c1)C/C(=C/CCN1CCC(C)CC1)C[C@H](C)S2.Cc1ccc2c(c1)C/C(=C\CCN1CCC(Cc3ccccc3)CC1)C[C@H](C)S2. The zero-order chi connectivity index (χ0) is 36.3. The molecule has 0 N–H and O–H groups in total. The number of likely N-dealkylation sites (tertiary alicyclic amines) is 2. The summed E-state index contributed by atoms with van der Waals surface area (Å²) in [5, 5.41) is 1.37. The van der Waals surface area contributed by atoms with Crippen LogP contribution in [0.15, 0.2) is 99.8 Å². The number of thioether (sulfide) groups is 2. The van der Waals surface area contributed by atoms with Gasteiger partial charge in [-0.05, 0) is 151 Å². The number of nitrogens with zero attached hydrogens (tertiary/aromatic N) is 2. The summed E-state index contributed by atoms with van der Waals surface area (Å²) < 4.78 is 0.